The first-order valence-corrected chi connectivity index (χ1v) is 5.52. The van der Waals surface area contributed by atoms with Gasteiger partial charge in [0, 0.05) is 18.6 Å². The van der Waals surface area contributed by atoms with Crippen LogP contribution in [0.5, 0.6) is 0 Å². The molecule has 1 rings (SSSR count). The third-order valence-corrected chi connectivity index (χ3v) is 3.09. The van der Waals surface area contributed by atoms with Gasteiger partial charge in [-0.15, -0.1) is 0 Å². The standard InChI is InChI=1S/C11H23NO2/c1-4-11(2,3)14-8-10(12)9-5-6-13-7-9/h9-10H,4-8,12H2,1-3H3. The lowest BCUT2D eigenvalue weighted by Crippen LogP contribution is -2.38. The van der Waals surface area contributed by atoms with Crippen molar-refractivity contribution in [2.45, 2.75) is 45.3 Å². The van der Waals surface area contributed by atoms with E-state index in [-0.39, 0.29) is 11.6 Å². The molecule has 1 heterocycles. The van der Waals surface area contributed by atoms with E-state index in [1.807, 2.05) is 0 Å². The first-order valence-electron chi connectivity index (χ1n) is 5.52. The van der Waals surface area contributed by atoms with Crippen molar-refractivity contribution in [1.82, 2.24) is 0 Å². The van der Waals surface area contributed by atoms with Crippen molar-refractivity contribution >= 4 is 0 Å². The highest BCUT2D eigenvalue weighted by atomic mass is 16.5. The molecule has 0 aromatic carbocycles. The van der Waals surface area contributed by atoms with Crippen LogP contribution >= 0.6 is 0 Å². The minimum atomic E-state index is -0.0446. The first kappa shape index (κ1) is 12.0. The SMILES string of the molecule is CCC(C)(C)OCC(N)C1CCOC1. The average molecular weight is 201 g/mol. The molecular weight excluding hydrogens is 178 g/mol. The fourth-order valence-corrected chi connectivity index (χ4v) is 1.45. The molecule has 0 radical (unpaired) electrons. The number of ether oxygens (including phenoxy) is 2. The molecule has 2 unspecified atom stereocenters. The van der Waals surface area contributed by atoms with Crippen molar-refractivity contribution in [3.05, 3.63) is 0 Å². The zero-order chi connectivity index (χ0) is 10.6. The largest absolute Gasteiger partial charge is 0.381 e. The summed E-state index contributed by atoms with van der Waals surface area (Å²) in [4.78, 5) is 0. The molecule has 1 fully saturated rings. The number of hydrogen-bond donors (Lipinski definition) is 1. The van der Waals surface area contributed by atoms with Gasteiger partial charge >= 0.3 is 0 Å². The Bertz CT molecular complexity index is 165. The summed E-state index contributed by atoms with van der Waals surface area (Å²) in [6, 6.07) is 0.128. The maximum absolute atomic E-state index is 6.04. The van der Waals surface area contributed by atoms with Crippen molar-refractivity contribution in [3.63, 3.8) is 0 Å². The lowest BCUT2D eigenvalue weighted by molar-refractivity contribution is -0.0327. The second-order valence-electron chi connectivity index (χ2n) is 4.71. The van der Waals surface area contributed by atoms with Gasteiger partial charge in [0.1, 0.15) is 0 Å². The molecule has 1 aliphatic rings. The van der Waals surface area contributed by atoms with Crippen LogP contribution in [0, 0.1) is 5.92 Å². The summed E-state index contributed by atoms with van der Waals surface area (Å²) in [5.41, 5.74) is 5.99. The normalized spacial score (nSPS) is 25.3. The van der Waals surface area contributed by atoms with Gasteiger partial charge < -0.3 is 15.2 Å². The molecule has 84 valence electrons. The van der Waals surface area contributed by atoms with E-state index in [1.54, 1.807) is 0 Å². The van der Waals surface area contributed by atoms with Gasteiger partial charge in [0.05, 0.1) is 18.8 Å². The van der Waals surface area contributed by atoms with E-state index >= 15 is 0 Å². The summed E-state index contributed by atoms with van der Waals surface area (Å²) in [7, 11) is 0. The Kier molecular flexibility index (Phi) is 4.35. The molecule has 0 amide bonds. The Morgan fingerprint density at radius 3 is 2.79 bits per heavy atom. The van der Waals surface area contributed by atoms with Crippen molar-refractivity contribution < 1.29 is 9.47 Å². The van der Waals surface area contributed by atoms with Gasteiger partial charge in [-0.05, 0) is 26.7 Å². The summed E-state index contributed by atoms with van der Waals surface area (Å²) in [6.45, 7) is 8.64. The van der Waals surface area contributed by atoms with Crippen molar-refractivity contribution in [2.24, 2.45) is 11.7 Å². The zero-order valence-electron chi connectivity index (χ0n) is 9.58. The van der Waals surface area contributed by atoms with E-state index in [0.29, 0.717) is 12.5 Å². The molecule has 0 bridgehead atoms. The molecule has 2 atom stereocenters. The molecule has 14 heavy (non-hydrogen) atoms. The van der Waals surface area contributed by atoms with Crippen LogP contribution in [0.1, 0.15) is 33.6 Å². The maximum Gasteiger partial charge on any atom is 0.0628 e. The molecule has 0 aromatic heterocycles. The van der Waals surface area contributed by atoms with E-state index < -0.39 is 0 Å². The molecule has 0 spiro atoms. The second kappa shape index (κ2) is 5.10. The predicted molar refractivity (Wildman–Crippen MR) is 57.2 cm³/mol. The smallest absolute Gasteiger partial charge is 0.0628 e. The summed E-state index contributed by atoms with van der Waals surface area (Å²) in [5, 5.41) is 0. The maximum atomic E-state index is 6.04. The summed E-state index contributed by atoms with van der Waals surface area (Å²) < 4.78 is 11.1. The molecule has 2 N–H and O–H groups in total. The topological polar surface area (TPSA) is 44.5 Å². The molecule has 0 saturated carbocycles. The van der Waals surface area contributed by atoms with E-state index in [1.165, 1.54) is 0 Å². The zero-order valence-corrected chi connectivity index (χ0v) is 9.58. The Labute approximate surface area is 86.9 Å². The predicted octanol–water partition coefficient (Wildman–Crippen LogP) is 1.56. The van der Waals surface area contributed by atoms with Crippen LogP contribution in [0.4, 0.5) is 0 Å². The van der Waals surface area contributed by atoms with Crippen LogP contribution < -0.4 is 5.73 Å². The monoisotopic (exact) mass is 201 g/mol. The van der Waals surface area contributed by atoms with Crippen molar-refractivity contribution in [2.75, 3.05) is 19.8 Å². The third kappa shape index (κ3) is 3.56. The van der Waals surface area contributed by atoms with Gasteiger partial charge in [-0.2, -0.15) is 0 Å². The van der Waals surface area contributed by atoms with Crippen LogP contribution in [0.25, 0.3) is 0 Å². The highest BCUT2D eigenvalue weighted by Crippen LogP contribution is 2.19. The van der Waals surface area contributed by atoms with Crippen molar-refractivity contribution in [1.29, 1.82) is 0 Å². The lowest BCUT2D eigenvalue weighted by Gasteiger charge is -2.27. The van der Waals surface area contributed by atoms with E-state index in [9.17, 15) is 0 Å². The van der Waals surface area contributed by atoms with Crippen molar-refractivity contribution in [3.8, 4) is 0 Å². The van der Waals surface area contributed by atoms with Gasteiger partial charge in [0.2, 0.25) is 0 Å². The van der Waals surface area contributed by atoms with Crippen LogP contribution in [-0.2, 0) is 9.47 Å². The van der Waals surface area contributed by atoms with Gasteiger partial charge in [-0.3, -0.25) is 0 Å². The Morgan fingerprint density at radius 1 is 1.57 bits per heavy atom. The minimum absolute atomic E-state index is 0.0446. The van der Waals surface area contributed by atoms with Crippen LogP contribution in [0.2, 0.25) is 0 Å². The summed E-state index contributed by atoms with van der Waals surface area (Å²) in [6.07, 6.45) is 2.10. The molecule has 0 aromatic rings. The number of rotatable bonds is 5. The Morgan fingerprint density at radius 2 is 2.29 bits per heavy atom. The molecular formula is C11H23NO2. The third-order valence-electron chi connectivity index (χ3n) is 3.09. The summed E-state index contributed by atoms with van der Waals surface area (Å²) >= 11 is 0. The number of nitrogens with two attached hydrogens (primary N) is 1. The quantitative estimate of drug-likeness (QED) is 0.734. The first-order chi connectivity index (χ1) is 6.55. The van der Waals surface area contributed by atoms with Gasteiger partial charge in [0.15, 0.2) is 0 Å². The fraction of sp³-hybridized carbons (Fsp3) is 1.00. The highest BCUT2D eigenvalue weighted by Gasteiger charge is 2.25. The van der Waals surface area contributed by atoms with Crippen LogP contribution in [0.3, 0.4) is 0 Å². The second-order valence-corrected chi connectivity index (χ2v) is 4.71. The van der Waals surface area contributed by atoms with Gasteiger partial charge in [-0.1, -0.05) is 6.92 Å². The van der Waals surface area contributed by atoms with Gasteiger partial charge in [-0.25, -0.2) is 0 Å². The minimum Gasteiger partial charge on any atom is -0.381 e. The molecule has 1 saturated heterocycles. The van der Waals surface area contributed by atoms with Gasteiger partial charge in [0.25, 0.3) is 0 Å². The van der Waals surface area contributed by atoms with E-state index in [4.69, 9.17) is 15.2 Å². The Hall–Kier alpha value is -0.120. The average Bonchev–Trinajstić information content (AvgIpc) is 2.67. The molecule has 3 nitrogen and oxygen atoms in total. The van der Waals surface area contributed by atoms with E-state index in [0.717, 1.165) is 26.1 Å². The van der Waals surface area contributed by atoms with Crippen LogP contribution in [-0.4, -0.2) is 31.5 Å². The lowest BCUT2D eigenvalue weighted by atomic mass is 10.00. The Balaban J connectivity index is 2.23. The van der Waals surface area contributed by atoms with E-state index in [2.05, 4.69) is 20.8 Å². The fourth-order valence-electron chi connectivity index (χ4n) is 1.45. The van der Waals surface area contributed by atoms with Crippen LogP contribution in [0.15, 0.2) is 0 Å². The molecule has 1 aliphatic heterocycles. The molecule has 0 aliphatic carbocycles. The highest BCUT2D eigenvalue weighted by molar-refractivity contribution is 4.77. The molecule has 3 heteroatoms. The number of hydrogen-bond acceptors (Lipinski definition) is 3. The summed E-state index contributed by atoms with van der Waals surface area (Å²) in [5.74, 6) is 0.489.